The second kappa shape index (κ2) is 6.00. The summed E-state index contributed by atoms with van der Waals surface area (Å²) in [5.41, 5.74) is 0.945. The normalized spacial score (nSPS) is 10.1. The van der Waals surface area contributed by atoms with Gasteiger partial charge in [0, 0.05) is 6.42 Å². The van der Waals surface area contributed by atoms with E-state index >= 15 is 0 Å². The van der Waals surface area contributed by atoms with Crippen LogP contribution in [-0.2, 0) is 16.0 Å². The van der Waals surface area contributed by atoms with Crippen LogP contribution in [0, 0.1) is 0 Å². The molecule has 0 heterocycles. The first-order chi connectivity index (χ1) is 7.63. The molecule has 4 heteroatoms. The fourth-order valence-electron chi connectivity index (χ4n) is 1.43. The van der Waals surface area contributed by atoms with Gasteiger partial charge in [-0.25, -0.2) is 0 Å². The third-order valence-electron chi connectivity index (χ3n) is 2.36. The van der Waals surface area contributed by atoms with Crippen LogP contribution in [0.25, 0.3) is 0 Å². The first-order valence-electron chi connectivity index (χ1n) is 5.21. The Kier molecular flexibility index (Phi) is 4.64. The number of methoxy groups -OCH3 is 1. The van der Waals surface area contributed by atoms with Gasteiger partial charge in [0.25, 0.3) is 0 Å². The van der Waals surface area contributed by atoms with Crippen molar-refractivity contribution in [3.05, 3.63) is 23.8 Å². The number of unbranched alkanes of at least 4 members (excludes halogenated alkanes) is 1. The highest BCUT2D eigenvalue weighted by Gasteiger charge is 2.02. The lowest BCUT2D eigenvalue weighted by molar-refractivity contribution is -0.140. The largest absolute Gasteiger partial charge is 0.504 e. The molecule has 1 aromatic carbocycles. The molecule has 2 N–H and O–H groups in total. The van der Waals surface area contributed by atoms with E-state index in [2.05, 4.69) is 4.74 Å². The molecule has 0 atom stereocenters. The van der Waals surface area contributed by atoms with Gasteiger partial charge in [0.1, 0.15) is 0 Å². The SMILES string of the molecule is COC(=O)CCCCc1ccc(O)c(O)c1. The summed E-state index contributed by atoms with van der Waals surface area (Å²) in [5.74, 6) is -0.419. The van der Waals surface area contributed by atoms with Gasteiger partial charge < -0.3 is 14.9 Å². The van der Waals surface area contributed by atoms with Crippen LogP contribution in [0.2, 0.25) is 0 Å². The van der Waals surface area contributed by atoms with Crippen molar-refractivity contribution in [2.24, 2.45) is 0 Å². The van der Waals surface area contributed by atoms with Crippen molar-refractivity contribution >= 4 is 5.97 Å². The number of hydrogen-bond acceptors (Lipinski definition) is 4. The molecule has 1 aromatic rings. The van der Waals surface area contributed by atoms with E-state index in [1.165, 1.54) is 19.2 Å². The van der Waals surface area contributed by atoms with Gasteiger partial charge in [-0.15, -0.1) is 0 Å². The zero-order valence-corrected chi connectivity index (χ0v) is 9.27. The Balaban J connectivity index is 2.32. The van der Waals surface area contributed by atoms with E-state index < -0.39 is 0 Å². The zero-order valence-electron chi connectivity index (χ0n) is 9.27. The number of hydrogen-bond donors (Lipinski definition) is 2. The van der Waals surface area contributed by atoms with E-state index in [4.69, 9.17) is 5.11 Å². The molecule has 0 saturated heterocycles. The van der Waals surface area contributed by atoms with Crippen molar-refractivity contribution in [2.75, 3.05) is 7.11 Å². The van der Waals surface area contributed by atoms with Crippen LogP contribution in [0.4, 0.5) is 0 Å². The van der Waals surface area contributed by atoms with Crippen LogP contribution in [0.5, 0.6) is 11.5 Å². The fraction of sp³-hybridized carbons (Fsp3) is 0.417. The Morgan fingerprint density at radius 1 is 1.25 bits per heavy atom. The lowest BCUT2D eigenvalue weighted by Crippen LogP contribution is -1.99. The topological polar surface area (TPSA) is 66.8 Å². The number of aryl methyl sites for hydroxylation is 1. The summed E-state index contributed by atoms with van der Waals surface area (Å²) < 4.78 is 4.53. The third-order valence-corrected chi connectivity index (χ3v) is 2.36. The highest BCUT2D eigenvalue weighted by molar-refractivity contribution is 5.68. The number of esters is 1. The van der Waals surface area contributed by atoms with Crippen molar-refractivity contribution in [1.82, 2.24) is 0 Å². The first kappa shape index (κ1) is 12.4. The highest BCUT2D eigenvalue weighted by atomic mass is 16.5. The predicted molar refractivity (Wildman–Crippen MR) is 59.3 cm³/mol. The van der Waals surface area contributed by atoms with Gasteiger partial charge >= 0.3 is 5.97 Å². The smallest absolute Gasteiger partial charge is 0.305 e. The second-order valence-electron chi connectivity index (χ2n) is 3.61. The van der Waals surface area contributed by atoms with Crippen LogP contribution in [0.1, 0.15) is 24.8 Å². The summed E-state index contributed by atoms with van der Waals surface area (Å²) in [6, 6.07) is 4.76. The third kappa shape index (κ3) is 3.81. The molecule has 0 radical (unpaired) electrons. The maximum Gasteiger partial charge on any atom is 0.305 e. The van der Waals surface area contributed by atoms with Crippen LogP contribution in [0.15, 0.2) is 18.2 Å². The van der Waals surface area contributed by atoms with Crippen molar-refractivity contribution in [2.45, 2.75) is 25.7 Å². The van der Waals surface area contributed by atoms with Gasteiger partial charge in [-0.3, -0.25) is 4.79 Å². The standard InChI is InChI=1S/C12H16O4/c1-16-12(15)5-3-2-4-9-6-7-10(13)11(14)8-9/h6-8,13-14H,2-5H2,1H3. The summed E-state index contributed by atoms with van der Waals surface area (Å²) in [4.78, 5) is 10.8. The molecule has 0 saturated carbocycles. The van der Waals surface area contributed by atoms with Gasteiger partial charge in [0.2, 0.25) is 0 Å². The quantitative estimate of drug-likeness (QED) is 0.456. The number of ether oxygens (including phenoxy) is 1. The van der Waals surface area contributed by atoms with Gasteiger partial charge in [-0.2, -0.15) is 0 Å². The van der Waals surface area contributed by atoms with E-state index in [0.29, 0.717) is 6.42 Å². The Morgan fingerprint density at radius 3 is 2.62 bits per heavy atom. The maximum absolute atomic E-state index is 10.8. The van der Waals surface area contributed by atoms with Crippen LogP contribution in [0.3, 0.4) is 0 Å². The van der Waals surface area contributed by atoms with E-state index in [1.807, 2.05) is 0 Å². The summed E-state index contributed by atoms with van der Waals surface area (Å²) in [5, 5.41) is 18.4. The van der Waals surface area contributed by atoms with Crippen molar-refractivity contribution in [1.29, 1.82) is 0 Å². The minimum atomic E-state index is -0.200. The molecule has 0 bridgehead atoms. The summed E-state index contributed by atoms with van der Waals surface area (Å²) >= 11 is 0. The van der Waals surface area contributed by atoms with Crippen molar-refractivity contribution in [3.8, 4) is 11.5 Å². The highest BCUT2D eigenvalue weighted by Crippen LogP contribution is 2.25. The van der Waals surface area contributed by atoms with E-state index in [0.717, 1.165) is 24.8 Å². The fourth-order valence-corrected chi connectivity index (χ4v) is 1.43. The van der Waals surface area contributed by atoms with Crippen LogP contribution < -0.4 is 0 Å². The molecule has 88 valence electrons. The molecule has 1 rings (SSSR count). The number of carbonyl (C=O) groups is 1. The molecule has 0 aliphatic carbocycles. The monoisotopic (exact) mass is 224 g/mol. The van der Waals surface area contributed by atoms with Crippen LogP contribution >= 0.6 is 0 Å². The number of rotatable bonds is 5. The van der Waals surface area contributed by atoms with Crippen molar-refractivity contribution in [3.63, 3.8) is 0 Å². The lowest BCUT2D eigenvalue weighted by atomic mass is 10.1. The molecule has 0 aliphatic heterocycles. The van der Waals surface area contributed by atoms with Gasteiger partial charge in [-0.05, 0) is 37.0 Å². The van der Waals surface area contributed by atoms with Crippen molar-refractivity contribution < 1.29 is 19.7 Å². The molecule has 0 fully saturated rings. The Morgan fingerprint density at radius 2 is 2.00 bits per heavy atom. The Bertz CT molecular complexity index is 360. The molecule has 0 unspecified atom stereocenters. The summed E-state index contributed by atoms with van der Waals surface area (Å²) in [6.45, 7) is 0. The number of carbonyl (C=O) groups excluding carboxylic acids is 1. The number of aromatic hydroxyl groups is 2. The van der Waals surface area contributed by atoms with Crippen LogP contribution in [-0.4, -0.2) is 23.3 Å². The first-order valence-corrected chi connectivity index (χ1v) is 5.21. The van der Waals surface area contributed by atoms with E-state index in [-0.39, 0.29) is 17.5 Å². The molecule has 0 amide bonds. The second-order valence-corrected chi connectivity index (χ2v) is 3.61. The molecule has 0 aliphatic rings. The minimum absolute atomic E-state index is 0.106. The number of phenolic OH excluding ortho intramolecular Hbond substituents is 2. The van der Waals surface area contributed by atoms with Gasteiger partial charge in [-0.1, -0.05) is 6.07 Å². The Labute approximate surface area is 94.5 Å². The predicted octanol–water partition coefficient (Wildman–Crippen LogP) is 1.98. The lowest BCUT2D eigenvalue weighted by Gasteiger charge is -2.03. The number of phenols is 2. The summed E-state index contributed by atoms with van der Waals surface area (Å²) in [6.07, 6.45) is 2.79. The molecule has 4 nitrogen and oxygen atoms in total. The molecular weight excluding hydrogens is 208 g/mol. The molecule has 0 aromatic heterocycles. The van der Waals surface area contributed by atoms with Gasteiger partial charge in [0.05, 0.1) is 7.11 Å². The van der Waals surface area contributed by atoms with Gasteiger partial charge in [0.15, 0.2) is 11.5 Å². The zero-order chi connectivity index (χ0) is 12.0. The Hall–Kier alpha value is -1.71. The van der Waals surface area contributed by atoms with E-state index in [1.54, 1.807) is 6.07 Å². The summed E-state index contributed by atoms with van der Waals surface area (Å²) in [7, 11) is 1.38. The average molecular weight is 224 g/mol. The maximum atomic E-state index is 10.8. The molecule has 16 heavy (non-hydrogen) atoms. The average Bonchev–Trinajstić information content (AvgIpc) is 2.28. The van der Waals surface area contributed by atoms with E-state index in [9.17, 15) is 9.90 Å². The minimum Gasteiger partial charge on any atom is -0.504 e. The molecule has 0 spiro atoms. The number of benzene rings is 1. The molecular formula is C12H16O4.